The van der Waals surface area contributed by atoms with E-state index in [2.05, 4.69) is 11.9 Å². The second kappa shape index (κ2) is 5.96. The number of hydrogen-bond donors (Lipinski definition) is 2. The Bertz CT molecular complexity index is 269. The van der Waals surface area contributed by atoms with Gasteiger partial charge in [0.15, 0.2) is 0 Å². The smallest absolute Gasteiger partial charge is 0.330 e. The van der Waals surface area contributed by atoms with Crippen molar-refractivity contribution in [2.45, 2.75) is 20.3 Å². The fourth-order valence-corrected chi connectivity index (χ4v) is 0.951. The molecule has 0 aromatic heterocycles. The van der Waals surface area contributed by atoms with Gasteiger partial charge in [-0.05, 0) is 12.3 Å². The lowest BCUT2D eigenvalue weighted by molar-refractivity contribution is -0.131. The maximum absolute atomic E-state index is 10.7. The number of carbonyl (C=O) groups excluding carboxylic acids is 1. The summed E-state index contributed by atoms with van der Waals surface area (Å²) >= 11 is 0. The molecule has 2 N–H and O–H groups in total. The number of allylic oxidation sites excluding steroid dienone is 2. The number of carbonyl (C=O) groups is 2. The van der Waals surface area contributed by atoms with E-state index in [1.165, 1.54) is 6.92 Å². The number of rotatable bonds is 5. The first-order valence-electron chi connectivity index (χ1n) is 4.29. The third-order valence-corrected chi connectivity index (χ3v) is 1.58. The Morgan fingerprint density at radius 1 is 1.57 bits per heavy atom. The van der Waals surface area contributed by atoms with Crippen molar-refractivity contribution in [1.82, 2.24) is 5.32 Å². The lowest BCUT2D eigenvalue weighted by atomic mass is 10.1. The van der Waals surface area contributed by atoms with Crippen LogP contribution in [0.1, 0.15) is 20.3 Å². The first kappa shape index (κ1) is 12.4. The fraction of sp³-hybridized carbons (Fsp3) is 0.400. The molecule has 0 aromatic rings. The van der Waals surface area contributed by atoms with Crippen LogP contribution in [0.15, 0.2) is 24.4 Å². The van der Waals surface area contributed by atoms with Crippen LogP contribution >= 0.6 is 0 Å². The first-order valence-corrected chi connectivity index (χ1v) is 4.29. The minimum Gasteiger partial charge on any atom is -0.478 e. The van der Waals surface area contributed by atoms with Gasteiger partial charge in [-0.2, -0.15) is 0 Å². The molecule has 0 fully saturated rings. The van der Waals surface area contributed by atoms with Crippen LogP contribution in [-0.2, 0) is 9.59 Å². The highest BCUT2D eigenvalue weighted by Crippen LogP contribution is 2.09. The number of aliphatic carboxylic acids is 1. The molecule has 4 nitrogen and oxygen atoms in total. The molecule has 14 heavy (non-hydrogen) atoms. The van der Waals surface area contributed by atoms with E-state index in [0.29, 0.717) is 12.1 Å². The Morgan fingerprint density at radius 3 is 2.50 bits per heavy atom. The average molecular weight is 197 g/mol. The van der Waals surface area contributed by atoms with Crippen molar-refractivity contribution in [3.05, 3.63) is 24.4 Å². The molecule has 1 atom stereocenters. The third kappa shape index (κ3) is 5.99. The van der Waals surface area contributed by atoms with Gasteiger partial charge in [0.25, 0.3) is 0 Å². The van der Waals surface area contributed by atoms with Crippen LogP contribution < -0.4 is 5.32 Å². The van der Waals surface area contributed by atoms with E-state index < -0.39 is 5.97 Å². The highest BCUT2D eigenvalue weighted by molar-refractivity contribution is 5.83. The standard InChI is InChI=1S/C10H15NO3/c1-4-7(2)5-9(6-10(13)14)11-8(3)12/h4,6-7H,1,5H2,2-3H3,(H,11,12)(H,13,14)/b9-6-/t7-/m0/s1. The molecule has 0 aliphatic rings. The van der Waals surface area contributed by atoms with E-state index in [1.54, 1.807) is 6.08 Å². The van der Waals surface area contributed by atoms with Crippen molar-refractivity contribution >= 4 is 11.9 Å². The summed E-state index contributed by atoms with van der Waals surface area (Å²) in [5.74, 6) is -1.20. The molecule has 0 saturated carbocycles. The SMILES string of the molecule is C=C[C@H](C)C/C(=C/C(=O)O)NC(C)=O. The Morgan fingerprint density at radius 2 is 2.14 bits per heavy atom. The Balaban J connectivity index is 4.47. The molecule has 0 unspecified atom stereocenters. The zero-order valence-corrected chi connectivity index (χ0v) is 8.41. The summed E-state index contributed by atoms with van der Waals surface area (Å²) < 4.78 is 0. The molecular weight excluding hydrogens is 182 g/mol. The van der Waals surface area contributed by atoms with Crippen LogP contribution in [0.2, 0.25) is 0 Å². The fourth-order valence-electron chi connectivity index (χ4n) is 0.951. The van der Waals surface area contributed by atoms with E-state index in [9.17, 15) is 9.59 Å². The molecule has 4 heteroatoms. The largest absolute Gasteiger partial charge is 0.478 e. The Hall–Kier alpha value is -1.58. The molecule has 0 radical (unpaired) electrons. The van der Waals surface area contributed by atoms with Crippen LogP contribution in [-0.4, -0.2) is 17.0 Å². The van der Waals surface area contributed by atoms with E-state index in [4.69, 9.17) is 5.11 Å². The molecule has 0 aromatic carbocycles. The zero-order valence-electron chi connectivity index (χ0n) is 8.41. The lowest BCUT2D eigenvalue weighted by Crippen LogP contribution is -2.21. The minimum atomic E-state index is -1.06. The molecule has 0 heterocycles. The molecular formula is C10H15NO3. The number of nitrogens with one attached hydrogen (secondary N) is 1. The van der Waals surface area contributed by atoms with Crippen LogP contribution in [0.25, 0.3) is 0 Å². The third-order valence-electron chi connectivity index (χ3n) is 1.58. The van der Waals surface area contributed by atoms with Gasteiger partial charge in [0, 0.05) is 18.7 Å². The lowest BCUT2D eigenvalue weighted by Gasteiger charge is -2.10. The highest BCUT2D eigenvalue weighted by Gasteiger charge is 2.06. The first-order chi connectivity index (χ1) is 6.45. The van der Waals surface area contributed by atoms with Gasteiger partial charge in [0.1, 0.15) is 0 Å². The Labute approximate surface area is 83.3 Å². The quantitative estimate of drug-likeness (QED) is 0.515. The Kier molecular flexibility index (Phi) is 5.29. The monoisotopic (exact) mass is 197 g/mol. The van der Waals surface area contributed by atoms with Crippen molar-refractivity contribution in [3.8, 4) is 0 Å². The number of carboxylic acid groups (broad SMARTS) is 1. The van der Waals surface area contributed by atoms with E-state index >= 15 is 0 Å². The van der Waals surface area contributed by atoms with Crippen molar-refractivity contribution in [3.63, 3.8) is 0 Å². The van der Waals surface area contributed by atoms with Gasteiger partial charge in [0.2, 0.25) is 5.91 Å². The van der Waals surface area contributed by atoms with Gasteiger partial charge in [-0.25, -0.2) is 4.79 Å². The summed E-state index contributed by atoms with van der Waals surface area (Å²) in [6, 6.07) is 0. The van der Waals surface area contributed by atoms with Crippen LogP contribution in [0.5, 0.6) is 0 Å². The maximum Gasteiger partial charge on any atom is 0.330 e. The van der Waals surface area contributed by atoms with Gasteiger partial charge in [-0.3, -0.25) is 4.79 Å². The van der Waals surface area contributed by atoms with Crippen LogP contribution in [0.3, 0.4) is 0 Å². The summed E-state index contributed by atoms with van der Waals surface area (Å²) in [5.41, 5.74) is 0.400. The van der Waals surface area contributed by atoms with Gasteiger partial charge < -0.3 is 10.4 Å². The van der Waals surface area contributed by atoms with Crippen molar-refractivity contribution in [2.24, 2.45) is 5.92 Å². The van der Waals surface area contributed by atoms with Gasteiger partial charge >= 0.3 is 5.97 Å². The predicted octanol–water partition coefficient (Wildman–Crippen LogP) is 1.30. The molecule has 0 spiro atoms. The minimum absolute atomic E-state index is 0.132. The predicted molar refractivity (Wildman–Crippen MR) is 53.5 cm³/mol. The normalized spacial score (nSPS) is 13.1. The summed E-state index contributed by atoms with van der Waals surface area (Å²) in [4.78, 5) is 21.1. The van der Waals surface area contributed by atoms with Gasteiger partial charge in [0.05, 0.1) is 0 Å². The topological polar surface area (TPSA) is 66.4 Å². The van der Waals surface area contributed by atoms with Gasteiger partial charge in [-0.15, -0.1) is 6.58 Å². The van der Waals surface area contributed by atoms with Gasteiger partial charge in [-0.1, -0.05) is 13.0 Å². The van der Waals surface area contributed by atoms with E-state index in [1.807, 2.05) is 6.92 Å². The van der Waals surface area contributed by atoms with E-state index in [0.717, 1.165) is 6.08 Å². The number of amides is 1. The van der Waals surface area contributed by atoms with Crippen molar-refractivity contribution < 1.29 is 14.7 Å². The maximum atomic E-state index is 10.7. The van der Waals surface area contributed by atoms with Crippen molar-refractivity contribution in [2.75, 3.05) is 0 Å². The number of carboxylic acids is 1. The van der Waals surface area contributed by atoms with Crippen LogP contribution in [0.4, 0.5) is 0 Å². The molecule has 0 saturated heterocycles. The molecule has 78 valence electrons. The van der Waals surface area contributed by atoms with E-state index in [-0.39, 0.29) is 11.8 Å². The summed E-state index contributed by atoms with van der Waals surface area (Å²) in [5, 5.41) is 11.0. The second-order valence-electron chi connectivity index (χ2n) is 3.11. The molecule has 0 bridgehead atoms. The highest BCUT2D eigenvalue weighted by atomic mass is 16.4. The molecule has 0 aliphatic carbocycles. The van der Waals surface area contributed by atoms with Crippen molar-refractivity contribution in [1.29, 1.82) is 0 Å². The molecule has 1 amide bonds. The molecule has 0 aliphatic heterocycles. The summed E-state index contributed by atoms with van der Waals surface area (Å²) in [6.07, 6.45) is 3.17. The zero-order chi connectivity index (χ0) is 11.1. The average Bonchev–Trinajstić information content (AvgIpc) is 2.01. The second-order valence-corrected chi connectivity index (χ2v) is 3.11. The van der Waals surface area contributed by atoms with Crippen LogP contribution in [0, 0.1) is 5.92 Å². The summed E-state index contributed by atoms with van der Waals surface area (Å²) in [6.45, 7) is 6.82. The molecule has 0 rings (SSSR count). The number of hydrogen-bond acceptors (Lipinski definition) is 2. The summed E-state index contributed by atoms with van der Waals surface area (Å²) in [7, 11) is 0.